The maximum atomic E-state index is 13.3. The molecule has 0 atom stereocenters. The lowest BCUT2D eigenvalue weighted by Gasteiger charge is -2.30. The molecule has 0 bridgehead atoms. The third-order valence-electron chi connectivity index (χ3n) is 4.92. The van der Waals surface area contributed by atoms with Crippen molar-refractivity contribution in [2.24, 2.45) is 0 Å². The lowest BCUT2D eigenvalue weighted by atomic mass is 10.0. The van der Waals surface area contributed by atoms with Crippen LogP contribution in [-0.2, 0) is 16.4 Å². The normalized spacial score (nSPS) is 14.2. The summed E-state index contributed by atoms with van der Waals surface area (Å²) in [4.78, 5) is 14.8. The van der Waals surface area contributed by atoms with E-state index in [1.807, 2.05) is 0 Å². The number of hydrogen-bond donors (Lipinski definition) is 0. The Labute approximate surface area is 169 Å². The first-order valence-corrected chi connectivity index (χ1v) is 11.0. The number of carbonyl (C=O) groups is 1. The van der Waals surface area contributed by atoms with Gasteiger partial charge in [0.1, 0.15) is 5.82 Å². The van der Waals surface area contributed by atoms with Gasteiger partial charge in [0.05, 0.1) is 15.5 Å². The van der Waals surface area contributed by atoms with Crippen LogP contribution in [0.1, 0.15) is 36.2 Å². The van der Waals surface area contributed by atoms with Crippen LogP contribution in [0.4, 0.5) is 10.1 Å². The molecule has 0 saturated heterocycles. The number of sulfonamides is 1. The SMILES string of the molecule is CCN(CC)S(=O)(=O)c1ccc2c(c1)CCCN2C(=O)c1ccc(F)cc1Cl. The third-order valence-corrected chi connectivity index (χ3v) is 7.28. The maximum absolute atomic E-state index is 13.3. The Bertz CT molecular complexity index is 1010. The highest BCUT2D eigenvalue weighted by atomic mass is 35.5. The predicted molar refractivity (Wildman–Crippen MR) is 108 cm³/mol. The fourth-order valence-corrected chi connectivity index (χ4v) is 5.22. The van der Waals surface area contributed by atoms with Crippen molar-refractivity contribution < 1.29 is 17.6 Å². The minimum absolute atomic E-state index is 0.0536. The molecule has 1 aliphatic rings. The summed E-state index contributed by atoms with van der Waals surface area (Å²) in [6.07, 6.45) is 1.38. The Morgan fingerprint density at radius 1 is 1.18 bits per heavy atom. The molecular formula is C20H22ClFN2O3S. The zero-order valence-electron chi connectivity index (χ0n) is 15.8. The topological polar surface area (TPSA) is 57.7 Å². The fraction of sp³-hybridized carbons (Fsp3) is 0.350. The minimum atomic E-state index is -3.57. The van der Waals surface area contributed by atoms with Crippen LogP contribution in [0.25, 0.3) is 0 Å². The van der Waals surface area contributed by atoms with Crippen LogP contribution in [-0.4, -0.2) is 38.3 Å². The minimum Gasteiger partial charge on any atom is -0.308 e. The first kappa shape index (κ1) is 20.8. The molecule has 0 fully saturated rings. The van der Waals surface area contributed by atoms with Crippen LogP contribution in [0, 0.1) is 5.82 Å². The summed E-state index contributed by atoms with van der Waals surface area (Å²) < 4.78 is 40.3. The van der Waals surface area contributed by atoms with Crippen LogP contribution in [0.2, 0.25) is 5.02 Å². The predicted octanol–water partition coefficient (Wildman–Crippen LogP) is 4.10. The molecule has 8 heteroatoms. The first-order valence-electron chi connectivity index (χ1n) is 9.19. The van der Waals surface area contributed by atoms with Crippen LogP contribution >= 0.6 is 11.6 Å². The van der Waals surface area contributed by atoms with E-state index in [0.29, 0.717) is 38.2 Å². The van der Waals surface area contributed by atoms with Gasteiger partial charge in [-0.05, 0) is 54.8 Å². The van der Waals surface area contributed by atoms with Gasteiger partial charge in [0.25, 0.3) is 5.91 Å². The monoisotopic (exact) mass is 424 g/mol. The smallest absolute Gasteiger partial charge is 0.259 e. The van der Waals surface area contributed by atoms with Crippen molar-refractivity contribution >= 4 is 33.2 Å². The Morgan fingerprint density at radius 3 is 2.54 bits per heavy atom. The van der Waals surface area contributed by atoms with E-state index in [0.717, 1.165) is 11.6 Å². The molecule has 0 spiro atoms. The van der Waals surface area contributed by atoms with E-state index in [1.165, 1.54) is 22.5 Å². The second-order valence-corrected chi connectivity index (χ2v) is 8.91. The molecule has 1 aliphatic heterocycles. The molecule has 1 amide bonds. The van der Waals surface area contributed by atoms with Crippen molar-refractivity contribution in [1.29, 1.82) is 0 Å². The van der Waals surface area contributed by atoms with Gasteiger partial charge in [0.2, 0.25) is 10.0 Å². The molecule has 150 valence electrons. The van der Waals surface area contributed by atoms with E-state index in [4.69, 9.17) is 11.6 Å². The van der Waals surface area contributed by atoms with Crippen molar-refractivity contribution in [3.8, 4) is 0 Å². The molecule has 2 aromatic rings. The van der Waals surface area contributed by atoms with E-state index in [2.05, 4.69) is 0 Å². The van der Waals surface area contributed by atoms with Crippen LogP contribution in [0.5, 0.6) is 0 Å². The highest BCUT2D eigenvalue weighted by molar-refractivity contribution is 7.89. The van der Waals surface area contributed by atoms with E-state index in [-0.39, 0.29) is 21.4 Å². The number of hydrogen-bond acceptors (Lipinski definition) is 3. The van der Waals surface area contributed by atoms with Crippen LogP contribution in [0.15, 0.2) is 41.3 Å². The quantitative estimate of drug-likeness (QED) is 0.726. The van der Waals surface area contributed by atoms with Crippen molar-refractivity contribution in [1.82, 2.24) is 4.31 Å². The number of rotatable bonds is 5. The van der Waals surface area contributed by atoms with Crippen LogP contribution in [0.3, 0.4) is 0 Å². The summed E-state index contributed by atoms with van der Waals surface area (Å²) in [5, 5.41) is 0.0536. The summed E-state index contributed by atoms with van der Waals surface area (Å²) in [5.74, 6) is -0.836. The van der Waals surface area contributed by atoms with Gasteiger partial charge in [-0.3, -0.25) is 4.79 Å². The molecule has 0 unspecified atom stereocenters. The summed E-state index contributed by atoms with van der Waals surface area (Å²) in [6.45, 7) is 4.87. The average Bonchev–Trinajstić information content (AvgIpc) is 2.67. The van der Waals surface area contributed by atoms with Crippen molar-refractivity contribution in [3.63, 3.8) is 0 Å². The molecule has 0 aliphatic carbocycles. The summed E-state index contributed by atoms with van der Waals surface area (Å²) in [5.41, 5.74) is 1.68. The molecule has 0 N–H and O–H groups in total. The van der Waals surface area contributed by atoms with Crippen molar-refractivity contribution in [2.45, 2.75) is 31.6 Å². The van der Waals surface area contributed by atoms with Gasteiger partial charge < -0.3 is 4.90 Å². The number of benzene rings is 2. The van der Waals surface area contributed by atoms with E-state index >= 15 is 0 Å². The van der Waals surface area contributed by atoms with E-state index in [1.54, 1.807) is 30.9 Å². The summed E-state index contributed by atoms with van der Waals surface area (Å²) >= 11 is 6.05. The Balaban J connectivity index is 1.98. The van der Waals surface area contributed by atoms with Crippen molar-refractivity contribution in [3.05, 3.63) is 58.4 Å². The fourth-order valence-electron chi connectivity index (χ4n) is 3.47. The van der Waals surface area contributed by atoms with Gasteiger partial charge >= 0.3 is 0 Å². The third kappa shape index (κ3) is 3.79. The second kappa shape index (κ2) is 8.19. The molecule has 0 saturated carbocycles. The Morgan fingerprint density at radius 2 is 1.89 bits per heavy atom. The summed E-state index contributed by atoms with van der Waals surface area (Å²) in [7, 11) is -3.57. The van der Waals surface area contributed by atoms with E-state index in [9.17, 15) is 17.6 Å². The highest BCUT2D eigenvalue weighted by Gasteiger charge is 2.28. The number of aryl methyl sites for hydroxylation is 1. The number of anilines is 1. The molecule has 2 aromatic carbocycles. The average molecular weight is 425 g/mol. The Kier molecular flexibility index (Phi) is 6.07. The van der Waals surface area contributed by atoms with Gasteiger partial charge in [-0.25, -0.2) is 12.8 Å². The molecule has 5 nitrogen and oxygen atoms in total. The molecule has 0 radical (unpaired) electrons. The zero-order valence-corrected chi connectivity index (χ0v) is 17.4. The number of halogens is 2. The number of nitrogens with zero attached hydrogens (tertiary/aromatic N) is 2. The summed E-state index contributed by atoms with van der Waals surface area (Å²) in [6, 6.07) is 8.52. The molecule has 1 heterocycles. The van der Waals surface area contributed by atoms with Crippen LogP contribution < -0.4 is 4.90 Å². The largest absolute Gasteiger partial charge is 0.308 e. The Hall–Kier alpha value is -1.96. The number of carbonyl (C=O) groups excluding carboxylic acids is 1. The van der Waals surface area contributed by atoms with Gasteiger partial charge in [-0.15, -0.1) is 0 Å². The molecule has 0 aromatic heterocycles. The van der Waals surface area contributed by atoms with Gasteiger partial charge in [-0.1, -0.05) is 25.4 Å². The van der Waals surface area contributed by atoms with Gasteiger partial charge in [-0.2, -0.15) is 4.31 Å². The molecule has 28 heavy (non-hydrogen) atoms. The zero-order chi connectivity index (χ0) is 20.5. The number of amides is 1. The molecular weight excluding hydrogens is 403 g/mol. The standard InChI is InChI=1S/C20H22ClFN2O3S/c1-3-23(4-2)28(26,27)16-8-10-19-14(12-16)6-5-11-24(19)20(25)17-9-7-15(22)13-18(17)21/h7-10,12-13H,3-6,11H2,1-2H3. The van der Waals surface area contributed by atoms with Gasteiger partial charge in [0, 0.05) is 25.3 Å². The highest BCUT2D eigenvalue weighted by Crippen LogP contribution is 2.32. The second-order valence-electron chi connectivity index (χ2n) is 6.56. The lowest BCUT2D eigenvalue weighted by Crippen LogP contribution is -2.36. The lowest BCUT2D eigenvalue weighted by molar-refractivity contribution is 0.0985. The first-order chi connectivity index (χ1) is 13.3. The molecule has 3 rings (SSSR count). The number of fused-ring (bicyclic) bond motifs is 1. The van der Waals surface area contributed by atoms with Crippen molar-refractivity contribution in [2.75, 3.05) is 24.5 Å². The van der Waals surface area contributed by atoms with E-state index < -0.39 is 15.8 Å². The maximum Gasteiger partial charge on any atom is 0.259 e. The van der Waals surface area contributed by atoms with Gasteiger partial charge in [0.15, 0.2) is 0 Å².